The number of carbonyl (C=O) groups is 2. The van der Waals surface area contributed by atoms with Crippen LogP contribution in [0.4, 0.5) is 4.79 Å². The molecule has 2 atom stereocenters. The van der Waals surface area contributed by atoms with Gasteiger partial charge in [0, 0.05) is 13.1 Å². The zero-order chi connectivity index (χ0) is 15.1. The van der Waals surface area contributed by atoms with Crippen LogP contribution in [0.2, 0.25) is 0 Å². The lowest BCUT2D eigenvalue weighted by Crippen LogP contribution is -2.50. The second-order valence-corrected chi connectivity index (χ2v) is 5.55. The molecule has 1 saturated heterocycles. The van der Waals surface area contributed by atoms with Gasteiger partial charge >= 0.3 is 12.0 Å². The van der Waals surface area contributed by atoms with E-state index in [1.807, 2.05) is 6.92 Å². The van der Waals surface area contributed by atoms with Crippen molar-refractivity contribution in [3.63, 3.8) is 0 Å². The number of carbonyl (C=O) groups excluding carboxylic acids is 1. The average molecular weight is 286 g/mol. The van der Waals surface area contributed by atoms with Gasteiger partial charge in [0.15, 0.2) is 0 Å². The number of amides is 2. The number of aliphatic hydroxyl groups is 1. The van der Waals surface area contributed by atoms with E-state index in [1.54, 1.807) is 11.8 Å². The first-order valence-electron chi connectivity index (χ1n) is 7.42. The number of nitrogens with zero attached hydrogens (tertiary/aromatic N) is 1. The van der Waals surface area contributed by atoms with E-state index in [0.717, 1.165) is 25.7 Å². The van der Waals surface area contributed by atoms with Gasteiger partial charge in [0.25, 0.3) is 0 Å². The minimum Gasteiger partial charge on any atom is -0.480 e. The molecule has 1 rings (SSSR count). The highest BCUT2D eigenvalue weighted by atomic mass is 16.4. The highest BCUT2D eigenvalue weighted by Crippen LogP contribution is 2.20. The largest absolute Gasteiger partial charge is 0.480 e. The van der Waals surface area contributed by atoms with Gasteiger partial charge in [-0.1, -0.05) is 19.8 Å². The zero-order valence-electron chi connectivity index (χ0n) is 12.3. The third-order valence-corrected chi connectivity index (χ3v) is 3.95. The molecule has 1 fully saturated rings. The van der Waals surface area contributed by atoms with E-state index < -0.39 is 12.0 Å². The predicted octanol–water partition coefficient (Wildman–Crippen LogP) is 1.43. The van der Waals surface area contributed by atoms with Gasteiger partial charge in [0.05, 0.1) is 6.10 Å². The highest BCUT2D eigenvalue weighted by molar-refractivity contribution is 5.82. The highest BCUT2D eigenvalue weighted by Gasteiger charge is 2.27. The first-order chi connectivity index (χ1) is 9.45. The van der Waals surface area contributed by atoms with Gasteiger partial charge < -0.3 is 20.4 Å². The monoisotopic (exact) mass is 286 g/mol. The standard InChI is InChI=1S/C14H26N2O4/c1-3-4-5-12(13(18)19)15-14(20)16-8-6-11(7-9-16)10(2)17/h10-12,17H,3-9H2,1-2H3,(H,15,20)(H,18,19)/t10?,12-/m0/s1. The summed E-state index contributed by atoms with van der Waals surface area (Å²) in [5, 5.41) is 21.2. The van der Waals surface area contributed by atoms with Crippen molar-refractivity contribution in [1.29, 1.82) is 0 Å². The third-order valence-electron chi connectivity index (χ3n) is 3.95. The number of hydrogen-bond donors (Lipinski definition) is 3. The second kappa shape index (κ2) is 8.09. The molecule has 0 spiro atoms. The SMILES string of the molecule is CCCC[C@H](NC(=O)N1CCC(C(C)O)CC1)C(=O)O. The lowest BCUT2D eigenvalue weighted by molar-refractivity contribution is -0.139. The molecule has 116 valence electrons. The average Bonchev–Trinajstić information content (AvgIpc) is 2.42. The molecule has 1 unspecified atom stereocenters. The number of urea groups is 1. The van der Waals surface area contributed by atoms with E-state index >= 15 is 0 Å². The van der Waals surface area contributed by atoms with Gasteiger partial charge in [-0.2, -0.15) is 0 Å². The Kier molecular flexibility index (Phi) is 6.78. The molecular weight excluding hydrogens is 260 g/mol. The molecular formula is C14H26N2O4. The number of aliphatic hydroxyl groups excluding tert-OH is 1. The summed E-state index contributed by atoms with van der Waals surface area (Å²) >= 11 is 0. The normalized spacial score (nSPS) is 19.4. The maximum Gasteiger partial charge on any atom is 0.326 e. The summed E-state index contributed by atoms with van der Waals surface area (Å²) in [5.74, 6) is -0.750. The summed E-state index contributed by atoms with van der Waals surface area (Å²) in [6.07, 6.45) is 3.31. The van der Waals surface area contributed by atoms with Gasteiger partial charge in [0.2, 0.25) is 0 Å². The summed E-state index contributed by atoms with van der Waals surface area (Å²) in [4.78, 5) is 24.8. The lowest BCUT2D eigenvalue weighted by Gasteiger charge is -2.33. The summed E-state index contributed by atoms with van der Waals surface area (Å²) in [5.41, 5.74) is 0. The Morgan fingerprint density at radius 3 is 2.40 bits per heavy atom. The summed E-state index contributed by atoms with van der Waals surface area (Å²) in [7, 11) is 0. The Labute approximate surface area is 120 Å². The lowest BCUT2D eigenvalue weighted by atomic mass is 9.92. The Morgan fingerprint density at radius 2 is 1.95 bits per heavy atom. The van der Waals surface area contributed by atoms with E-state index in [9.17, 15) is 14.7 Å². The number of aliphatic carboxylic acids is 1. The van der Waals surface area contributed by atoms with E-state index in [1.165, 1.54) is 0 Å². The van der Waals surface area contributed by atoms with Crippen molar-refractivity contribution in [3.8, 4) is 0 Å². The predicted molar refractivity (Wildman–Crippen MR) is 75.5 cm³/mol. The van der Waals surface area contributed by atoms with E-state index in [4.69, 9.17) is 5.11 Å². The van der Waals surface area contributed by atoms with Gasteiger partial charge in [-0.15, -0.1) is 0 Å². The third kappa shape index (κ3) is 5.00. The van der Waals surface area contributed by atoms with Crippen LogP contribution in [-0.2, 0) is 4.79 Å². The Bertz CT molecular complexity index is 325. The van der Waals surface area contributed by atoms with E-state index in [2.05, 4.69) is 5.32 Å². The van der Waals surface area contributed by atoms with Crippen molar-refractivity contribution < 1.29 is 19.8 Å². The minimum atomic E-state index is -0.981. The smallest absolute Gasteiger partial charge is 0.326 e. The molecule has 0 radical (unpaired) electrons. The zero-order valence-corrected chi connectivity index (χ0v) is 12.3. The molecule has 1 aliphatic rings. The number of unbranched alkanes of at least 4 members (excludes halogenated alkanes) is 1. The van der Waals surface area contributed by atoms with Crippen LogP contribution in [0.25, 0.3) is 0 Å². The van der Waals surface area contributed by atoms with Gasteiger partial charge in [-0.25, -0.2) is 9.59 Å². The molecule has 0 aromatic heterocycles. The molecule has 0 bridgehead atoms. The molecule has 0 aromatic carbocycles. The number of likely N-dealkylation sites (tertiary alicyclic amines) is 1. The van der Waals surface area contributed by atoms with E-state index in [-0.39, 0.29) is 18.1 Å². The van der Waals surface area contributed by atoms with Crippen LogP contribution in [-0.4, -0.2) is 52.3 Å². The van der Waals surface area contributed by atoms with Crippen LogP contribution >= 0.6 is 0 Å². The maximum absolute atomic E-state index is 12.0. The number of carboxylic acid groups (broad SMARTS) is 1. The summed E-state index contributed by atoms with van der Waals surface area (Å²) in [6, 6.07) is -1.12. The van der Waals surface area contributed by atoms with Crippen LogP contribution < -0.4 is 5.32 Å². The Morgan fingerprint density at radius 1 is 1.35 bits per heavy atom. The van der Waals surface area contributed by atoms with E-state index in [0.29, 0.717) is 19.5 Å². The quantitative estimate of drug-likeness (QED) is 0.689. The van der Waals surface area contributed by atoms with Crippen molar-refractivity contribution in [2.24, 2.45) is 5.92 Å². The maximum atomic E-state index is 12.0. The molecule has 1 aliphatic heterocycles. The van der Waals surface area contributed by atoms with Crippen molar-refractivity contribution in [3.05, 3.63) is 0 Å². The topological polar surface area (TPSA) is 89.9 Å². The van der Waals surface area contributed by atoms with Gasteiger partial charge in [-0.05, 0) is 32.1 Å². The number of rotatable bonds is 6. The minimum absolute atomic E-state index is 0.231. The van der Waals surface area contributed by atoms with Crippen LogP contribution in [0.1, 0.15) is 46.0 Å². The van der Waals surface area contributed by atoms with Crippen LogP contribution in [0.5, 0.6) is 0 Å². The fraction of sp³-hybridized carbons (Fsp3) is 0.857. The number of hydrogen-bond acceptors (Lipinski definition) is 3. The Balaban J connectivity index is 2.43. The first-order valence-corrected chi connectivity index (χ1v) is 7.42. The number of piperidine rings is 1. The molecule has 1 heterocycles. The number of carboxylic acids is 1. The molecule has 0 saturated carbocycles. The Hall–Kier alpha value is -1.30. The van der Waals surface area contributed by atoms with Crippen molar-refractivity contribution in [1.82, 2.24) is 10.2 Å². The van der Waals surface area contributed by atoms with Crippen molar-refractivity contribution in [2.75, 3.05) is 13.1 Å². The second-order valence-electron chi connectivity index (χ2n) is 5.55. The number of nitrogens with one attached hydrogen (secondary N) is 1. The van der Waals surface area contributed by atoms with Gasteiger partial charge in [-0.3, -0.25) is 0 Å². The molecule has 2 amide bonds. The fourth-order valence-corrected chi connectivity index (χ4v) is 2.49. The fourth-order valence-electron chi connectivity index (χ4n) is 2.49. The summed E-state index contributed by atoms with van der Waals surface area (Å²) < 4.78 is 0. The molecule has 3 N–H and O–H groups in total. The van der Waals surface area contributed by atoms with Crippen LogP contribution in [0.3, 0.4) is 0 Å². The molecule has 6 nitrogen and oxygen atoms in total. The summed E-state index contributed by atoms with van der Waals surface area (Å²) in [6.45, 7) is 4.90. The van der Waals surface area contributed by atoms with Gasteiger partial charge in [0.1, 0.15) is 6.04 Å². The van der Waals surface area contributed by atoms with Crippen LogP contribution in [0, 0.1) is 5.92 Å². The molecule has 0 aromatic rings. The van der Waals surface area contributed by atoms with Crippen molar-refractivity contribution in [2.45, 2.75) is 58.1 Å². The molecule has 6 heteroatoms. The van der Waals surface area contributed by atoms with Crippen molar-refractivity contribution >= 4 is 12.0 Å². The molecule has 0 aliphatic carbocycles. The van der Waals surface area contributed by atoms with Crippen LogP contribution in [0.15, 0.2) is 0 Å². The first kappa shape index (κ1) is 16.8. The molecule has 20 heavy (non-hydrogen) atoms.